The molecule has 3 rings (SSSR count). The highest BCUT2D eigenvalue weighted by atomic mass is 32.2. The molecular weight excluding hydrogens is 282 g/mol. The van der Waals surface area contributed by atoms with Crippen molar-refractivity contribution < 1.29 is 4.74 Å². The second-order valence-electron chi connectivity index (χ2n) is 4.88. The van der Waals surface area contributed by atoms with Gasteiger partial charge < -0.3 is 4.74 Å². The van der Waals surface area contributed by atoms with Gasteiger partial charge in [-0.1, -0.05) is 12.1 Å². The van der Waals surface area contributed by atoms with Crippen LogP contribution in [0.15, 0.2) is 36.8 Å². The fraction of sp³-hybridized carbons (Fsp3) is 0.250. The molecular formula is C16H17N3OS. The van der Waals surface area contributed by atoms with Crippen LogP contribution in [0.1, 0.15) is 16.8 Å². The maximum Gasteiger partial charge on any atom is 0.128 e. The van der Waals surface area contributed by atoms with E-state index in [0.717, 1.165) is 39.4 Å². The number of aryl methyl sites for hydroxylation is 1. The third-order valence-electron chi connectivity index (χ3n) is 3.51. The van der Waals surface area contributed by atoms with E-state index in [2.05, 4.69) is 26.9 Å². The molecule has 0 spiro atoms. The van der Waals surface area contributed by atoms with E-state index in [1.54, 1.807) is 19.1 Å². The van der Waals surface area contributed by atoms with E-state index in [4.69, 9.17) is 4.74 Å². The standard InChI is InChI=1S/C16H17N3OS/c1-11-8-17-14(12(2)16(11)20-3)9-21-19-10-18-13-6-4-5-7-15(13)19/h4-8,10H,9H2,1-3H3. The molecule has 0 radical (unpaired) electrons. The Balaban J connectivity index is 1.85. The van der Waals surface area contributed by atoms with Crippen molar-refractivity contribution in [3.05, 3.63) is 53.6 Å². The number of hydrogen-bond acceptors (Lipinski definition) is 4. The molecule has 1 aromatic carbocycles. The molecule has 0 aliphatic heterocycles. The fourth-order valence-electron chi connectivity index (χ4n) is 2.39. The van der Waals surface area contributed by atoms with Gasteiger partial charge in [0.1, 0.15) is 12.1 Å². The van der Waals surface area contributed by atoms with Crippen molar-refractivity contribution in [2.45, 2.75) is 19.6 Å². The van der Waals surface area contributed by atoms with E-state index in [9.17, 15) is 0 Å². The minimum absolute atomic E-state index is 0.781. The van der Waals surface area contributed by atoms with Gasteiger partial charge in [0.15, 0.2) is 0 Å². The Bertz CT molecular complexity index is 782. The van der Waals surface area contributed by atoms with E-state index in [1.807, 2.05) is 37.6 Å². The van der Waals surface area contributed by atoms with Gasteiger partial charge in [0.25, 0.3) is 0 Å². The number of hydrogen-bond donors (Lipinski definition) is 0. The quantitative estimate of drug-likeness (QED) is 0.735. The molecule has 0 saturated heterocycles. The normalized spacial score (nSPS) is 11.0. The molecule has 0 N–H and O–H groups in total. The first-order valence-electron chi connectivity index (χ1n) is 6.75. The number of pyridine rings is 1. The van der Waals surface area contributed by atoms with Crippen LogP contribution in [-0.4, -0.2) is 21.1 Å². The van der Waals surface area contributed by atoms with E-state index in [0.29, 0.717) is 0 Å². The zero-order valence-electron chi connectivity index (χ0n) is 12.3. The molecule has 3 aromatic rings. The van der Waals surface area contributed by atoms with Crippen LogP contribution in [0.4, 0.5) is 0 Å². The Morgan fingerprint density at radius 2 is 2.00 bits per heavy atom. The Morgan fingerprint density at radius 3 is 2.81 bits per heavy atom. The van der Waals surface area contributed by atoms with E-state index in [1.165, 1.54) is 0 Å². The highest BCUT2D eigenvalue weighted by Crippen LogP contribution is 2.27. The Morgan fingerprint density at radius 1 is 1.19 bits per heavy atom. The number of ether oxygens (including phenoxy) is 1. The molecule has 0 unspecified atom stereocenters. The fourth-order valence-corrected chi connectivity index (χ4v) is 3.35. The molecule has 2 aromatic heterocycles. The minimum atomic E-state index is 0.781. The second-order valence-corrected chi connectivity index (χ2v) is 5.82. The van der Waals surface area contributed by atoms with Gasteiger partial charge in [-0.3, -0.25) is 8.96 Å². The SMILES string of the molecule is COc1c(C)cnc(CSn2cnc3ccccc32)c1C. The van der Waals surface area contributed by atoms with Crippen molar-refractivity contribution in [3.8, 4) is 5.75 Å². The molecule has 0 bridgehead atoms. The number of methoxy groups -OCH3 is 1. The van der Waals surface area contributed by atoms with Crippen LogP contribution in [0.25, 0.3) is 11.0 Å². The number of aromatic nitrogens is 3. The molecule has 5 heteroatoms. The third-order valence-corrected chi connectivity index (χ3v) is 4.48. The topological polar surface area (TPSA) is 39.9 Å². The van der Waals surface area contributed by atoms with Gasteiger partial charge in [0.05, 0.1) is 29.6 Å². The Hall–Kier alpha value is -2.01. The van der Waals surface area contributed by atoms with E-state index < -0.39 is 0 Å². The van der Waals surface area contributed by atoms with Crippen molar-refractivity contribution >= 4 is 23.0 Å². The average Bonchev–Trinajstić information content (AvgIpc) is 2.90. The summed E-state index contributed by atoms with van der Waals surface area (Å²) in [5, 5.41) is 0. The van der Waals surface area contributed by atoms with Crippen LogP contribution in [-0.2, 0) is 5.75 Å². The summed E-state index contributed by atoms with van der Waals surface area (Å²) in [5.41, 5.74) is 5.35. The summed E-state index contributed by atoms with van der Waals surface area (Å²) in [6, 6.07) is 8.12. The zero-order chi connectivity index (χ0) is 14.8. The van der Waals surface area contributed by atoms with Crippen LogP contribution in [0.3, 0.4) is 0 Å². The molecule has 0 aliphatic carbocycles. The maximum atomic E-state index is 5.46. The van der Waals surface area contributed by atoms with Crippen molar-refractivity contribution in [2.75, 3.05) is 7.11 Å². The van der Waals surface area contributed by atoms with E-state index >= 15 is 0 Å². The monoisotopic (exact) mass is 299 g/mol. The molecule has 21 heavy (non-hydrogen) atoms. The number of para-hydroxylation sites is 2. The predicted molar refractivity (Wildman–Crippen MR) is 86.7 cm³/mol. The van der Waals surface area contributed by atoms with Crippen LogP contribution in [0, 0.1) is 13.8 Å². The Kier molecular flexibility index (Phi) is 3.84. The first-order valence-corrected chi connectivity index (χ1v) is 7.69. The third kappa shape index (κ3) is 2.61. The highest BCUT2D eigenvalue weighted by molar-refractivity contribution is 7.97. The summed E-state index contributed by atoms with van der Waals surface area (Å²) in [6.45, 7) is 4.07. The van der Waals surface area contributed by atoms with Crippen molar-refractivity contribution in [2.24, 2.45) is 0 Å². The van der Waals surface area contributed by atoms with Gasteiger partial charge in [-0.15, -0.1) is 0 Å². The number of rotatable bonds is 4. The van der Waals surface area contributed by atoms with Crippen LogP contribution >= 0.6 is 11.9 Å². The summed E-state index contributed by atoms with van der Waals surface area (Å²) in [6.07, 6.45) is 3.73. The Labute approximate surface area is 128 Å². The maximum absolute atomic E-state index is 5.46. The number of nitrogens with zero attached hydrogens (tertiary/aromatic N) is 3. The lowest BCUT2D eigenvalue weighted by atomic mass is 10.1. The molecule has 0 amide bonds. The molecule has 108 valence electrons. The van der Waals surface area contributed by atoms with Gasteiger partial charge in [-0.25, -0.2) is 4.98 Å². The van der Waals surface area contributed by atoms with E-state index in [-0.39, 0.29) is 0 Å². The predicted octanol–water partition coefficient (Wildman–Crippen LogP) is 3.75. The smallest absolute Gasteiger partial charge is 0.128 e. The summed E-state index contributed by atoms with van der Waals surface area (Å²) in [5.74, 6) is 1.71. The second kappa shape index (κ2) is 5.77. The minimum Gasteiger partial charge on any atom is -0.496 e. The summed E-state index contributed by atoms with van der Waals surface area (Å²) in [4.78, 5) is 8.93. The van der Waals surface area contributed by atoms with Gasteiger partial charge in [-0.2, -0.15) is 0 Å². The van der Waals surface area contributed by atoms with Gasteiger partial charge in [-0.05, 0) is 37.9 Å². The highest BCUT2D eigenvalue weighted by Gasteiger charge is 2.10. The molecule has 0 saturated carbocycles. The number of fused-ring (bicyclic) bond motifs is 1. The lowest BCUT2D eigenvalue weighted by molar-refractivity contribution is 0.407. The lowest BCUT2D eigenvalue weighted by Gasteiger charge is -2.12. The average molecular weight is 299 g/mol. The first-order chi connectivity index (χ1) is 10.2. The molecule has 4 nitrogen and oxygen atoms in total. The van der Waals surface area contributed by atoms with Crippen LogP contribution in [0.2, 0.25) is 0 Å². The van der Waals surface area contributed by atoms with Crippen LogP contribution in [0.5, 0.6) is 5.75 Å². The van der Waals surface area contributed by atoms with Crippen molar-refractivity contribution in [1.29, 1.82) is 0 Å². The summed E-state index contributed by atoms with van der Waals surface area (Å²) in [7, 11) is 1.70. The van der Waals surface area contributed by atoms with Gasteiger partial charge >= 0.3 is 0 Å². The van der Waals surface area contributed by atoms with Crippen molar-refractivity contribution in [3.63, 3.8) is 0 Å². The van der Waals surface area contributed by atoms with Gasteiger partial charge in [0.2, 0.25) is 0 Å². The van der Waals surface area contributed by atoms with Gasteiger partial charge in [0, 0.05) is 17.3 Å². The molecule has 0 fully saturated rings. The van der Waals surface area contributed by atoms with Crippen LogP contribution < -0.4 is 4.74 Å². The van der Waals surface area contributed by atoms with Crippen molar-refractivity contribution in [1.82, 2.24) is 13.9 Å². The molecule has 0 aliphatic rings. The molecule has 2 heterocycles. The first kappa shape index (κ1) is 13.9. The largest absolute Gasteiger partial charge is 0.496 e. The number of benzene rings is 1. The zero-order valence-corrected chi connectivity index (χ0v) is 13.1. The summed E-state index contributed by atoms with van der Waals surface area (Å²) < 4.78 is 7.54. The summed E-state index contributed by atoms with van der Waals surface area (Å²) >= 11 is 1.69. The lowest BCUT2D eigenvalue weighted by Crippen LogP contribution is -1.99. The molecule has 0 atom stereocenters. The number of imidazole rings is 1.